The average molecular weight is 259 g/mol. The molecule has 1 aromatic heterocycles. The summed E-state index contributed by atoms with van der Waals surface area (Å²) in [5.74, 6) is 1.33. The minimum atomic E-state index is 0.147. The minimum absolute atomic E-state index is 0.147. The van der Waals surface area contributed by atoms with Gasteiger partial charge in [-0.25, -0.2) is 0 Å². The number of aromatic nitrogens is 2. The number of ether oxygens (including phenoxy) is 2. The lowest BCUT2D eigenvalue weighted by Gasteiger charge is -2.37. The van der Waals surface area contributed by atoms with Gasteiger partial charge in [-0.05, 0) is 12.1 Å². The molecule has 2 aromatic rings. The van der Waals surface area contributed by atoms with Crippen LogP contribution in [0.4, 0.5) is 5.82 Å². The predicted octanol–water partition coefficient (Wildman–Crippen LogP) is 2.07. The maximum absolute atomic E-state index is 5.84. The van der Waals surface area contributed by atoms with Gasteiger partial charge < -0.3 is 15.2 Å². The highest BCUT2D eigenvalue weighted by atomic mass is 16.5. The summed E-state index contributed by atoms with van der Waals surface area (Å²) in [5.41, 5.74) is 7.66. The van der Waals surface area contributed by atoms with Crippen LogP contribution in [0.15, 0.2) is 30.3 Å². The molecule has 1 aliphatic rings. The highest BCUT2D eigenvalue weighted by Crippen LogP contribution is 2.29. The van der Waals surface area contributed by atoms with Crippen molar-refractivity contribution in [3.05, 3.63) is 30.3 Å². The van der Waals surface area contributed by atoms with Gasteiger partial charge in [0, 0.05) is 17.0 Å². The summed E-state index contributed by atoms with van der Waals surface area (Å²) in [6.45, 7) is 4.37. The Balaban J connectivity index is 1.72. The van der Waals surface area contributed by atoms with Gasteiger partial charge in [0.2, 0.25) is 0 Å². The standard InChI is InChI=1S/C14H17N3O2/c1-14(7-18-8-14)9-19-11-4-2-3-10(5-11)12-6-13(15)17-16-12/h2-6H,7-9H2,1H3,(H3,15,16,17). The molecule has 1 aliphatic heterocycles. The van der Waals surface area contributed by atoms with Crippen LogP contribution < -0.4 is 10.5 Å². The van der Waals surface area contributed by atoms with Crippen LogP contribution in [0.2, 0.25) is 0 Å². The number of nitrogens with two attached hydrogens (primary N) is 1. The van der Waals surface area contributed by atoms with Crippen molar-refractivity contribution >= 4 is 5.82 Å². The number of nitrogens with zero attached hydrogens (tertiary/aromatic N) is 1. The molecule has 19 heavy (non-hydrogen) atoms. The second-order valence-electron chi connectivity index (χ2n) is 5.33. The van der Waals surface area contributed by atoms with E-state index in [0.29, 0.717) is 12.4 Å². The molecule has 2 heterocycles. The molecule has 3 rings (SSSR count). The van der Waals surface area contributed by atoms with Crippen molar-refractivity contribution < 1.29 is 9.47 Å². The maximum atomic E-state index is 5.84. The molecule has 0 radical (unpaired) electrons. The van der Waals surface area contributed by atoms with Crippen molar-refractivity contribution in [2.45, 2.75) is 6.92 Å². The quantitative estimate of drug-likeness (QED) is 0.881. The maximum Gasteiger partial charge on any atom is 0.145 e. The van der Waals surface area contributed by atoms with Gasteiger partial charge >= 0.3 is 0 Å². The molecule has 0 unspecified atom stereocenters. The van der Waals surface area contributed by atoms with E-state index >= 15 is 0 Å². The second kappa shape index (κ2) is 4.59. The summed E-state index contributed by atoms with van der Waals surface area (Å²) >= 11 is 0. The Bertz CT molecular complexity index is 576. The van der Waals surface area contributed by atoms with Gasteiger partial charge in [0.05, 0.1) is 25.5 Å². The highest BCUT2D eigenvalue weighted by molar-refractivity contribution is 5.63. The average Bonchev–Trinajstić information content (AvgIpc) is 2.81. The summed E-state index contributed by atoms with van der Waals surface area (Å²) in [6.07, 6.45) is 0. The van der Waals surface area contributed by atoms with Gasteiger partial charge in [0.1, 0.15) is 11.6 Å². The summed E-state index contributed by atoms with van der Waals surface area (Å²) in [4.78, 5) is 0. The number of aromatic amines is 1. The number of H-pyrrole nitrogens is 1. The fourth-order valence-electron chi connectivity index (χ4n) is 2.03. The van der Waals surface area contributed by atoms with Crippen LogP contribution in [0, 0.1) is 5.41 Å². The van der Waals surface area contributed by atoms with E-state index in [9.17, 15) is 0 Å². The Morgan fingerprint density at radius 1 is 1.42 bits per heavy atom. The molecule has 0 bridgehead atoms. The number of hydrogen-bond donors (Lipinski definition) is 2. The number of anilines is 1. The van der Waals surface area contributed by atoms with Crippen LogP contribution in [0.5, 0.6) is 5.75 Å². The topological polar surface area (TPSA) is 73.2 Å². The van der Waals surface area contributed by atoms with Gasteiger partial charge in [-0.15, -0.1) is 0 Å². The summed E-state index contributed by atoms with van der Waals surface area (Å²) in [7, 11) is 0. The van der Waals surface area contributed by atoms with E-state index in [2.05, 4.69) is 17.1 Å². The molecular weight excluding hydrogens is 242 g/mol. The van der Waals surface area contributed by atoms with Gasteiger partial charge in [0.25, 0.3) is 0 Å². The van der Waals surface area contributed by atoms with Crippen molar-refractivity contribution in [2.75, 3.05) is 25.6 Å². The van der Waals surface area contributed by atoms with Gasteiger partial charge in [-0.2, -0.15) is 5.10 Å². The monoisotopic (exact) mass is 259 g/mol. The van der Waals surface area contributed by atoms with Gasteiger partial charge in [0.15, 0.2) is 0 Å². The first-order chi connectivity index (χ1) is 9.15. The third-order valence-corrected chi connectivity index (χ3v) is 3.23. The molecule has 0 amide bonds. The van der Waals surface area contributed by atoms with Gasteiger partial charge in [-0.3, -0.25) is 5.10 Å². The molecule has 0 atom stereocenters. The zero-order valence-corrected chi connectivity index (χ0v) is 10.8. The van der Waals surface area contributed by atoms with Crippen LogP contribution in [0.1, 0.15) is 6.92 Å². The third-order valence-electron chi connectivity index (χ3n) is 3.23. The van der Waals surface area contributed by atoms with Crippen LogP contribution in [0.3, 0.4) is 0 Å². The molecule has 100 valence electrons. The van der Waals surface area contributed by atoms with E-state index in [1.165, 1.54) is 0 Å². The number of nitrogens with one attached hydrogen (secondary N) is 1. The van der Waals surface area contributed by atoms with Crippen LogP contribution in [-0.2, 0) is 4.74 Å². The molecule has 0 saturated carbocycles. The Morgan fingerprint density at radius 2 is 2.26 bits per heavy atom. The number of hydrogen-bond acceptors (Lipinski definition) is 4. The van der Waals surface area contributed by atoms with E-state index in [1.807, 2.05) is 24.3 Å². The fraction of sp³-hybridized carbons (Fsp3) is 0.357. The first-order valence-corrected chi connectivity index (χ1v) is 6.27. The van der Waals surface area contributed by atoms with E-state index in [0.717, 1.165) is 30.2 Å². The van der Waals surface area contributed by atoms with Crippen LogP contribution in [0.25, 0.3) is 11.3 Å². The molecule has 5 heteroatoms. The zero-order chi connectivity index (χ0) is 13.3. The first-order valence-electron chi connectivity index (χ1n) is 6.27. The summed E-state index contributed by atoms with van der Waals surface area (Å²) in [5, 5.41) is 6.82. The molecule has 0 spiro atoms. The summed E-state index contributed by atoms with van der Waals surface area (Å²) < 4.78 is 11.1. The third kappa shape index (κ3) is 2.56. The Labute approximate surface area is 111 Å². The highest BCUT2D eigenvalue weighted by Gasteiger charge is 2.34. The second-order valence-corrected chi connectivity index (χ2v) is 5.33. The lowest BCUT2D eigenvalue weighted by atomic mass is 9.90. The van der Waals surface area contributed by atoms with E-state index in [1.54, 1.807) is 6.07 Å². The largest absolute Gasteiger partial charge is 0.493 e. The smallest absolute Gasteiger partial charge is 0.145 e. The summed E-state index contributed by atoms with van der Waals surface area (Å²) in [6, 6.07) is 9.69. The van der Waals surface area contributed by atoms with Crippen molar-refractivity contribution in [1.29, 1.82) is 0 Å². The number of benzene rings is 1. The molecule has 5 nitrogen and oxygen atoms in total. The normalized spacial score (nSPS) is 16.9. The fourth-order valence-corrected chi connectivity index (χ4v) is 2.03. The van der Waals surface area contributed by atoms with Crippen LogP contribution in [-0.4, -0.2) is 30.0 Å². The van der Waals surface area contributed by atoms with Crippen molar-refractivity contribution in [3.8, 4) is 17.0 Å². The molecule has 1 saturated heterocycles. The predicted molar refractivity (Wildman–Crippen MR) is 72.9 cm³/mol. The SMILES string of the molecule is CC1(COc2cccc(-c3cc(N)n[nH]3)c2)COC1. The van der Waals surface area contributed by atoms with E-state index < -0.39 is 0 Å². The minimum Gasteiger partial charge on any atom is -0.493 e. The van der Waals surface area contributed by atoms with E-state index in [-0.39, 0.29) is 5.41 Å². The van der Waals surface area contributed by atoms with Crippen molar-refractivity contribution in [1.82, 2.24) is 10.2 Å². The van der Waals surface area contributed by atoms with Crippen molar-refractivity contribution in [3.63, 3.8) is 0 Å². The van der Waals surface area contributed by atoms with Gasteiger partial charge in [-0.1, -0.05) is 19.1 Å². The molecule has 0 aliphatic carbocycles. The lowest BCUT2D eigenvalue weighted by Crippen LogP contribution is -2.44. The molecule has 1 aromatic carbocycles. The molecular formula is C14H17N3O2. The lowest BCUT2D eigenvalue weighted by molar-refractivity contribution is -0.120. The number of rotatable bonds is 4. The first kappa shape index (κ1) is 12.0. The van der Waals surface area contributed by atoms with E-state index in [4.69, 9.17) is 15.2 Å². The van der Waals surface area contributed by atoms with Crippen LogP contribution >= 0.6 is 0 Å². The molecule has 3 N–H and O–H groups in total. The Hall–Kier alpha value is -2.01. The Morgan fingerprint density at radius 3 is 2.89 bits per heavy atom. The number of nitrogen functional groups attached to an aromatic ring is 1. The zero-order valence-electron chi connectivity index (χ0n) is 10.8. The Kier molecular flexibility index (Phi) is 2.91. The van der Waals surface area contributed by atoms with Crippen molar-refractivity contribution in [2.24, 2.45) is 5.41 Å². The molecule has 1 fully saturated rings.